The van der Waals surface area contributed by atoms with Crippen LogP contribution in [0, 0.1) is 6.92 Å². The molecule has 1 aliphatic carbocycles. The molecule has 2 aromatic carbocycles. The van der Waals surface area contributed by atoms with Crippen molar-refractivity contribution in [1.82, 2.24) is 4.72 Å². The molecule has 0 radical (unpaired) electrons. The fraction of sp³-hybridized carbons (Fsp3) is 0.250. The number of amides is 1. The van der Waals surface area contributed by atoms with Crippen molar-refractivity contribution in [3.8, 4) is 5.75 Å². The third kappa shape index (κ3) is 5.18. The van der Waals surface area contributed by atoms with Crippen LogP contribution in [0.4, 0.5) is 5.69 Å². The van der Waals surface area contributed by atoms with Crippen molar-refractivity contribution in [1.29, 1.82) is 0 Å². The van der Waals surface area contributed by atoms with Crippen LogP contribution < -0.4 is 14.8 Å². The van der Waals surface area contributed by atoms with Crippen LogP contribution in [0.3, 0.4) is 0 Å². The molecule has 0 saturated heterocycles. The standard InChI is InChI=1S/C20H22N2O4S/c1-14-4-3-5-15(12-14)6-11-20(23)21-18-13-17(9-10-19(18)26-2)27(24,25)22-16-7-8-16/h3-6,9-13,16,22H,7-8H2,1-2H3,(H,21,23)/b11-6+. The van der Waals surface area contributed by atoms with E-state index in [0.717, 1.165) is 24.0 Å². The van der Waals surface area contributed by atoms with Crippen LogP contribution >= 0.6 is 0 Å². The van der Waals surface area contributed by atoms with Gasteiger partial charge in [-0.25, -0.2) is 13.1 Å². The number of sulfonamides is 1. The summed E-state index contributed by atoms with van der Waals surface area (Å²) in [6, 6.07) is 12.1. The van der Waals surface area contributed by atoms with Crippen LogP contribution in [0.25, 0.3) is 6.08 Å². The number of carbonyl (C=O) groups is 1. The Morgan fingerprint density at radius 3 is 2.63 bits per heavy atom. The maximum Gasteiger partial charge on any atom is 0.248 e. The van der Waals surface area contributed by atoms with Gasteiger partial charge in [0.1, 0.15) is 5.75 Å². The predicted molar refractivity (Wildman–Crippen MR) is 105 cm³/mol. The quantitative estimate of drug-likeness (QED) is 0.716. The fourth-order valence-corrected chi connectivity index (χ4v) is 3.89. The molecule has 0 aromatic heterocycles. The van der Waals surface area contributed by atoms with Gasteiger partial charge in [-0.3, -0.25) is 4.79 Å². The molecule has 0 spiro atoms. The molecule has 0 heterocycles. The van der Waals surface area contributed by atoms with Crippen molar-refractivity contribution >= 4 is 27.7 Å². The predicted octanol–water partition coefficient (Wildman–Crippen LogP) is 3.10. The monoisotopic (exact) mass is 386 g/mol. The van der Waals surface area contributed by atoms with E-state index in [1.807, 2.05) is 31.2 Å². The lowest BCUT2D eigenvalue weighted by Gasteiger charge is -2.12. The topological polar surface area (TPSA) is 84.5 Å². The minimum Gasteiger partial charge on any atom is -0.495 e. The summed E-state index contributed by atoms with van der Waals surface area (Å²) in [6.45, 7) is 1.98. The Balaban J connectivity index is 1.78. The first-order chi connectivity index (χ1) is 12.9. The molecule has 0 bridgehead atoms. The van der Waals surface area contributed by atoms with Crippen molar-refractivity contribution in [2.75, 3.05) is 12.4 Å². The zero-order valence-corrected chi connectivity index (χ0v) is 16.0. The van der Waals surface area contributed by atoms with Crippen LogP contribution in [-0.2, 0) is 14.8 Å². The largest absolute Gasteiger partial charge is 0.495 e. The number of hydrogen-bond acceptors (Lipinski definition) is 4. The van der Waals surface area contributed by atoms with Gasteiger partial charge in [-0.05, 0) is 49.6 Å². The molecule has 1 amide bonds. The van der Waals surface area contributed by atoms with E-state index >= 15 is 0 Å². The molecule has 7 heteroatoms. The Morgan fingerprint density at radius 2 is 1.96 bits per heavy atom. The maximum absolute atomic E-state index is 12.4. The van der Waals surface area contributed by atoms with Gasteiger partial charge in [0.15, 0.2) is 0 Å². The number of methoxy groups -OCH3 is 1. The number of benzene rings is 2. The summed E-state index contributed by atoms with van der Waals surface area (Å²) in [5, 5.41) is 2.68. The van der Waals surface area contributed by atoms with Gasteiger partial charge in [0.2, 0.25) is 15.9 Å². The summed E-state index contributed by atoms with van der Waals surface area (Å²) >= 11 is 0. The highest BCUT2D eigenvalue weighted by Crippen LogP contribution is 2.29. The molecule has 6 nitrogen and oxygen atoms in total. The molecule has 0 atom stereocenters. The molecule has 27 heavy (non-hydrogen) atoms. The van der Waals surface area contributed by atoms with Gasteiger partial charge in [0.05, 0.1) is 17.7 Å². The van der Waals surface area contributed by atoms with E-state index in [2.05, 4.69) is 10.0 Å². The van der Waals surface area contributed by atoms with E-state index in [4.69, 9.17) is 4.74 Å². The summed E-state index contributed by atoms with van der Waals surface area (Å²) in [7, 11) is -2.15. The molecular formula is C20H22N2O4S. The molecule has 142 valence electrons. The second-order valence-corrected chi connectivity index (χ2v) is 8.21. The average Bonchev–Trinajstić information content (AvgIpc) is 3.43. The lowest BCUT2D eigenvalue weighted by atomic mass is 10.1. The molecule has 3 rings (SSSR count). The highest BCUT2D eigenvalue weighted by molar-refractivity contribution is 7.89. The SMILES string of the molecule is COc1ccc(S(=O)(=O)NC2CC2)cc1NC(=O)/C=C/c1cccc(C)c1. The van der Waals surface area contributed by atoms with Crippen molar-refractivity contribution < 1.29 is 17.9 Å². The highest BCUT2D eigenvalue weighted by Gasteiger charge is 2.28. The van der Waals surface area contributed by atoms with Crippen LogP contribution in [-0.4, -0.2) is 27.5 Å². The number of rotatable bonds is 7. The van der Waals surface area contributed by atoms with Gasteiger partial charge >= 0.3 is 0 Å². The summed E-state index contributed by atoms with van der Waals surface area (Å²) < 4.78 is 32.6. The Hall–Kier alpha value is -2.64. The van der Waals surface area contributed by atoms with Crippen molar-refractivity contribution in [3.63, 3.8) is 0 Å². The number of anilines is 1. The van der Waals surface area contributed by atoms with Gasteiger partial charge in [-0.1, -0.05) is 29.8 Å². The normalized spacial score (nSPS) is 14.3. The van der Waals surface area contributed by atoms with Gasteiger partial charge in [0.25, 0.3) is 0 Å². The number of nitrogens with one attached hydrogen (secondary N) is 2. The lowest BCUT2D eigenvalue weighted by Crippen LogP contribution is -2.25. The van der Waals surface area contributed by atoms with E-state index in [1.165, 1.54) is 31.4 Å². The van der Waals surface area contributed by atoms with Gasteiger partial charge < -0.3 is 10.1 Å². The fourth-order valence-electron chi connectivity index (χ4n) is 2.56. The van der Waals surface area contributed by atoms with E-state index in [-0.39, 0.29) is 16.8 Å². The van der Waals surface area contributed by atoms with E-state index in [0.29, 0.717) is 11.4 Å². The van der Waals surface area contributed by atoms with Crippen LogP contribution in [0.1, 0.15) is 24.0 Å². The minimum atomic E-state index is -3.62. The molecule has 2 N–H and O–H groups in total. The van der Waals surface area contributed by atoms with Gasteiger partial charge in [-0.15, -0.1) is 0 Å². The number of carbonyl (C=O) groups excluding carboxylic acids is 1. The minimum absolute atomic E-state index is 0.00686. The van der Waals surface area contributed by atoms with Crippen molar-refractivity contribution in [2.24, 2.45) is 0 Å². The zero-order chi connectivity index (χ0) is 19.4. The Bertz CT molecular complexity index is 979. The highest BCUT2D eigenvalue weighted by atomic mass is 32.2. The number of aryl methyl sites for hydroxylation is 1. The van der Waals surface area contributed by atoms with Crippen LogP contribution in [0.5, 0.6) is 5.75 Å². The summed E-state index contributed by atoms with van der Waals surface area (Å²) in [4.78, 5) is 12.4. The Kier molecular flexibility index (Phi) is 5.62. The molecular weight excluding hydrogens is 364 g/mol. The molecule has 2 aromatic rings. The smallest absolute Gasteiger partial charge is 0.248 e. The summed E-state index contributed by atoms with van der Waals surface area (Å²) in [6.07, 6.45) is 4.80. The molecule has 1 fully saturated rings. The lowest BCUT2D eigenvalue weighted by molar-refractivity contribution is -0.111. The van der Waals surface area contributed by atoms with Gasteiger partial charge in [0, 0.05) is 12.1 Å². The molecule has 0 aliphatic heterocycles. The first-order valence-electron chi connectivity index (χ1n) is 8.63. The van der Waals surface area contributed by atoms with E-state index in [9.17, 15) is 13.2 Å². The van der Waals surface area contributed by atoms with Crippen molar-refractivity contribution in [3.05, 3.63) is 59.7 Å². The van der Waals surface area contributed by atoms with Crippen molar-refractivity contribution in [2.45, 2.75) is 30.7 Å². The molecule has 0 unspecified atom stereocenters. The number of hydrogen-bond donors (Lipinski definition) is 2. The zero-order valence-electron chi connectivity index (χ0n) is 15.2. The summed E-state index contributed by atoms with van der Waals surface area (Å²) in [5.41, 5.74) is 2.30. The van der Waals surface area contributed by atoms with E-state index in [1.54, 1.807) is 6.08 Å². The third-order valence-corrected chi connectivity index (χ3v) is 5.63. The molecule has 1 aliphatic rings. The average molecular weight is 386 g/mol. The second-order valence-electron chi connectivity index (χ2n) is 6.49. The summed E-state index contributed by atoms with van der Waals surface area (Å²) in [5.74, 6) is 0.0113. The third-order valence-electron chi connectivity index (χ3n) is 4.11. The Labute approximate surface area is 159 Å². The Morgan fingerprint density at radius 1 is 1.19 bits per heavy atom. The molecule has 1 saturated carbocycles. The van der Waals surface area contributed by atoms with Crippen LogP contribution in [0.2, 0.25) is 0 Å². The van der Waals surface area contributed by atoms with Crippen LogP contribution in [0.15, 0.2) is 53.4 Å². The maximum atomic E-state index is 12.4. The van der Waals surface area contributed by atoms with E-state index < -0.39 is 10.0 Å². The van der Waals surface area contributed by atoms with Gasteiger partial charge in [-0.2, -0.15) is 0 Å². The first-order valence-corrected chi connectivity index (χ1v) is 10.1. The first kappa shape index (κ1) is 19.1. The second kappa shape index (κ2) is 7.94. The number of ether oxygens (including phenoxy) is 1.